The van der Waals surface area contributed by atoms with Crippen molar-refractivity contribution in [3.05, 3.63) is 42.3 Å². The number of likely N-dealkylation sites (N-methyl/N-ethyl adjacent to an activating group) is 1. The van der Waals surface area contributed by atoms with E-state index in [9.17, 15) is 15.0 Å². The summed E-state index contributed by atoms with van der Waals surface area (Å²) in [4.78, 5) is 27.4. The quantitative estimate of drug-likeness (QED) is 0.532. The highest BCUT2D eigenvalue weighted by Gasteiger charge is 2.48. The van der Waals surface area contributed by atoms with Crippen LogP contribution in [0.5, 0.6) is 0 Å². The van der Waals surface area contributed by atoms with E-state index in [-0.39, 0.29) is 24.3 Å². The molecule has 3 atom stereocenters. The molecule has 1 amide bonds. The molecule has 3 N–H and O–H groups in total. The molecule has 0 radical (unpaired) electrons. The zero-order chi connectivity index (χ0) is 23.0. The van der Waals surface area contributed by atoms with Crippen molar-refractivity contribution in [2.75, 3.05) is 18.9 Å². The van der Waals surface area contributed by atoms with Crippen molar-refractivity contribution in [1.29, 1.82) is 0 Å². The molecule has 33 heavy (non-hydrogen) atoms. The zero-order valence-corrected chi connectivity index (χ0v) is 18.3. The molecule has 3 aromatic rings. The number of pyridine rings is 1. The third-order valence-electron chi connectivity index (χ3n) is 6.34. The van der Waals surface area contributed by atoms with Crippen LogP contribution in [0.4, 0.5) is 5.95 Å². The van der Waals surface area contributed by atoms with Gasteiger partial charge >= 0.3 is 0 Å². The molecular weight excluding hydrogens is 424 g/mol. The Morgan fingerprint density at radius 1 is 1.15 bits per heavy atom. The SMILES string of the molecule is CN1CC[C@@](O)(c2cc(-c3cccc(-c4ccnc(N[C@H]5CCC[C@@H](O)C5)n4)n3)no2)C1=O. The molecule has 172 valence electrons. The van der Waals surface area contributed by atoms with Gasteiger partial charge in [0.05, 0.1) is 23.2 Å². The number of hydrogen-bond donors (Lipinski definition) is 3. The first-order chi connectivity index (χ1) is 15.9. The molecule has 2 fully saturated rings. The second-order valence-corrected chi connectivity index (χ2v) is 8.75. The molecule has 1 aliphatic carbocycles. The van der Waals surface area contributed by atoms with Gasteiger partial charge in [0.1, 0.15) is 5.69 Å². The van der Waals surface area contributed by atoms with Gasteiger partial charge < -0.3 is 25.0 Å². The molecule has 0 unspecified atom stereocenters. The Morgan fingerprint density at radius 3 is 2.70 bits per heavy atom. The third kappa shape index (κ3) is 4.19. The van der Waals surface area contributed by atoms with Crippen LogP contribution in [0.25, 0.3) is 22.8 Å². The van der Waals surface area contributed by atoms with Crippen LogP contribution in [-0.2, 0) is 10.4 Å². The Morgan fingerprint density at radius 2 is 1.94 bits per heavy atom. The number of aromatic nitrogens is 4. The van der Waals surface area contributed by atoms with Gasteiger partial charge in [0, 0.05) is 38.3 Å². The first-order valence-electron chi connectivity index (χ1n) is 11.1. The van der Waals surface area contributed by atoms with Crippen LogP contribution >= 0.6 is 0 Å². The van der Waals surface area contributed by atoms with E-state index in [1.165, 1.54) is 4.90 Å². The van der Waals surface area contributed by atoms with Crippen LogP contribution in [0.1, 0.15) is 37.9 Å². The Kier molecular flexibility index (Phi) is 5.55. The summed E-state index contributed by atoms with van der Waals surface area (Å²) in [6.07, 6.45) is 5.09. The van der Waals surface area contributed by atoms with E-state index in [1.807, 2.05) is 12.1 Å². The molecule has 5 rings (SSSR count). The second-order valence-electron chi connectivity index (χ2n) is 8.75. The summed E-state index contributed by atoms with van der Waals surface area (Å²) in [5.41, 5.74) is 0.527. The second kappa shape index (κ2) is 8.53. The van der Waals surface area contributed by atoms with Crippen LogP contribution in [0, 0.1) is 0 Å². The van der Waals surface area contributed by atoms with Crippen molar-refractivity contribution in [2.24, 2.45) is 0 Å². The summed E-state index contributed by atoms with van der Waals surface area (Å²) in [5.74, 6) is 0.203. The molecule has 0 bridgehead atoms. The van der Waals surface area contributed by atoms with Crippen molar-refractivity contribution in [3.8, 4) is 22.8 Å². The highest BCUT2D eigenvalue weighted by molar-refractivity contribution is 5.87. The number of aliphatic hydroxyl groups excluding tert-OH is 1. The van der Waals surface area contributed by atoms with E-state index < -0.39 is 11.5 Å². The minimum atomic E-state index is -1.70. The van der Waals surface area contributed by atoms with Gasteiger partial charge in [0.25, 0.3) is 5.91 Å². The molecule has 0 spiro atoms. The smallest absolute Gasteiger partial charge is 0.262 e. The van der Waals surface area contributed by atoms with Gasteiger partial charge in [0.2, 0.25) is 11.5 Å². The van der Waals surface area contributed by atoms with Crippen LogP contribution in [0.15, 0.2) is 41.1 Å². The number of nitrogens with zero attached hydrogens (tertiary/aromatic N) is 5. The van der Waals surface area contributed by atoms with Crippen molar-refractivity contribution >= 4 is 11.9 Å². The maximum absolute atomic E-state index is 12.3. The van der Waals surface area contributed by atoms with E-state index in [2.05, 4.69) is 25.4 Å². The Bertz CT molecular complexity index is 1170. The first kappa shape index (κ1) is 21.5. The largest absolute Gasteiger partial charge is 0.393 e. The molecule has 1 saturated carbocycles. The molecule has 10 nitrogen and oxygen atoms in total. The summed E-state index contributed by atoms with van der Waals surface area (Å²) in [5, 5.41) is 28.0. The van der Waals surface area contributed by atoms with E-state index in [4.69, 9.17) is 4.52 Å². The van der Waals surface area contributed by atoms with Crippen LogP contribution < -0.4 is 5.32 Å². The number of amides is 1. The molecule has 0 aromatic carbocycles. The van der Waals surface area contributed by atoms with Crippen LogP contribution in [0.3, 0.4) is 0 Å². The highest BCUT2D eigenvalue weighted by atomic mass is 16.5. The number of nitrogens with one attached hydrogen (secondary N) is 1. The lowest BCUT2D eigenvalue weighted by Crippen LogP contribution is -2.35. The molecule has 1 saturated heterocycles. The number of carbonyl (C=O) groups is 1. The summed E-state index contributed by atoms with van der Waals surface area (Å²) < 4.78 is 5.34. The summed E-state index contributed by atoms with van der Waals surface area (Å²) >= 11 is 0. The van der Waals surface area contributed by atoms with Crippen molar-refractivity contribution in [3.63, 3.8) is 0 Å². The molecule has 3 aromatic heterocycles. The Hall–Kier alpha value is -3.37. The third-order valence-corrected chi connectivity index (χ3v) is 6.34. The number of likely N-dealkylation sites (tertiary alicyclic amines) is 1. The number of rotatable bonds is 5. The van der Waals surface area contributed by atoms with E-state index >= 15 is 0 Å². The van der Waals surface area contributed by atoms with Gasteiger partial charge in [-0.3, -0.25) is 4.79 Å². The lowest BCUT2D eigenvalue weighted by atomic mass is 9.93. The minimum absolute atomic E-state index is 0.113. The van der Waals surface area contributed by atoms with Crippen molar-refractivity contribution < 1.29 is 19.5 Å². The monoisotopic (exact) mass is 450 g/mol. The van der Waals surface area contributed by atoms with Crippen molar-refractivity contribution in [2.45, 2.75) is 49.9 Å². The molecular formula is C23H26N6O4. The summed E-state index contributed by atoms with van der Waals surface area (Å²) in [7, 11) is 1.64. The number of carbonyl (C=O) groups excluding carboxylic acids is 1. The molecule has 10 heteroatoms. The average molecular weight is 450 g/mol. The first-order valence-corrected chi connectivity index (χ1v) is 11.1. The highest BCUT2D eigenvalue weighted by Crippen LogP contribution is 2.34. The fraction of sp³-hybridized carbons (Fsp3) is 0.435. The lowest BCUT2D eigenvalue weighted by Gasteiger charge is -2.26. The predicted molar refractivity (Wildman–Crippen MR) is 119 cm³/mol. The predicted octanol–water partition coefficient (Wildman–Crippen LogP) is 1.96. The number of anilines is 1. The van der Waals surface area contributed by atoms with Crippen LogP contribution in [0.2, 0.25) is 0 Å². The fourth-order valence-electron chi connectivity index (χ4n) is 4.44. The lowest BCUT2D eigenvalue weighted by molar-refractivity contribution is -0.144. The molecule has 4 heterocycles. The van der Waals surface area contributed by atoms with E-state index in [0.29, 0.717) is 41.7 Å². The van der Waals surface area contributed by atoms with Crippen LogP contribution in [-0.4, -0.2) is 66.9 Å². The van der Waals surface area contributed by atoms with Gasteiger partial charge in [-0.15, -0.1) is 0 Å². The van der Waals surface area contributed by atoms with Crippen molar-refractivity contribution in [1.82, 2.24) is 25.0 Å². The maximum atomic E-state index is 12.3. The number of hydrogen-bond acceptors (Lipinski definition) is 9. The summed E-state index contributed by atoms with van der Waals surface area (Å²) in [6.45, 7) is 0.447. The Labute approximate surface area is 190 Å². The zero-order valence-electron chi connectivity index (χ0n) is 18.3. The molecule has 2 aliphatic rings. The minimum Gasteiger partial charge on any atom is -0.393 e. The van der Waals surface area contributed by atoms with Gasteiger partial charge in [-0.25, -0.2) is 15.0 Å². The topological polar surface area (TPSA) is 138 Å². The van der Waals surface area contributed by atoms with Gasteiger partial charge in [0.15, 0.2) is 5.76 Å². The van der Waals surface area contributed by atoms with Gasteiger partial charge in [-0.1, -0.05) is 11.2 Å². The van der Waals surface area contributed by atoms with E-state index in [0.717, 1.165) is 19.3 Å². The Balaban J connectivity index is 1.37. The summed E-state index contributed by atoms with van der Waals surface area (Å²) in [6, 6.07) is 8.93. The maximum Gasteiger partial charge on any atom is 0.262 e. The van der Waals surface area contributed by atoms with Gasteiger partial charge in [-0.05, 0) is 43.9 Å². The standard InChI is InChI=1S/C23H26N6O4/c1-29-11-9-23(32,21(29)31)20-13-19(28-33-20)17-7-3-6-16(26-17)18-8-10-24-22(27-18)25-14-4-2-5-15(30)12-14/h3,6-8,10,13-15,30,32H,2,4-5,9,11-12H2,1H3,(H,24,25,27)/t14-,15+,23+/m0/s1. The number of aliphatic hydroxyl groups is 2. The fourth-order valence-corrected chi connectivity index (χ4v) is 4.44. The normalized spacial score (nSPS) is 25.4. The van der Waals surface area contributed by atoms with E-state index in [1.54, 1.807) is 31.4 Å². The average Bonchev–Trinajstić information content (AvgIpc) is 3.42. The van der Waals surface area contributed by atoms with Gasteiger partial charge in [-0.2, -0.15) is 0 Å². The molecule has 1 aliphatic heterocycles.